The van der Waals surface area contributed by atoms with Gasteiger partial charge in [-0.25, -0.2) is 4.98 Å². The summed E-state index contributed by atoms with van der Waals surface area (Å²) in [7, 11) is 1.59. The third-order valence-electron chi connectivity index (χ3n) is 5.55. The van der Waals surface area contributed by atoms with Crippen LogP contribution in [0.25, 0.3) is 17.1 Å². The number of aliphatic hydroxyl groups is 1. The van der Waals surface area contributed by atoms with E-state index in [1.165, 1.54) is 0 Å². The molecule has 0 saturated carbocycles. The van der Waals surface area contributed by atoms with E-state index >= 15 is 0 Å². The van der Waals surface area contributed by atoms with Crippen molar-refractivity contribution >= 4 is 23.0 Å². The molecule has 0 bridgehead atoms. The van der Waals surface area contributed by atoms with Crippen molar-refractivity contribution in [2.75, 3.05) is 13.7 Å². The molecule has 1 aromatic heterocycles. The van der Waals surface area contributed by atoms with E-state index in [2.05, 4.69) is 10.3 Å². The largest absolute Gasteiger partial charge is 0.493 e. The molecule has 0 saturated heterocycles. The predicted octanol–water partition coefficient (Wildman–Crippen LogP) is 4.45. The second kappa shape index (κ2) is 11.4. The zero-order chi connectivity index (χ0) is 24.6. The summed E-state index contributed by atoms with van der Waals surface area (Å²) in [5.41, 5.74) is 3.26. The van der Waals surface area contributed by atoms with Gasteiger partial charge in [0.15, 0.2) is 11.5 Å². The van der Waals surface area contributed by atoms with Crippen LogP contribution in [-0.4, -0.2) is 40.4 Å². The van der Waals surface area contributed by atoms with Crippen LogP contribution in [0.4, 0.5) is 0 Å². The summed E-state index contributed by atoms with van der Waals surface area (Å²) in [6.07, 6.45) is 3.12. The van der Waals surface area contributed by atoms with Crippen LogP contribution in [0.2, 0.25) is 0 Å². The topological polar surface area (TPSA) is 85.6 Å². The quantitative estimate of drug-likeness (QED) is 0.357. The van der Waals surface area contributed by atoms with E-state index in [1.54, 1.807) is 19.2 Å². The number of aliphatic hydroxyl groups excluding tert-OH is 1. The molecule has 3 aromatic carbocycles. The zero-order valence-corrected chi connectivity index (χ0v) is 19.8. The average Bonchev–Trinajstić information content (AvgIpc) is 3.24. The van der Waals surface area contributed by atoms with Gasteiger partial charge in [-0.2, -0.15) is 0 Å². The van der Waals surface area contributed by atoms with Crippen LogP contribution in [0.3, 0.4) is 0 Å². The molecule has 4 aromatic rings. The van der Waals surface area contributed by atoms with Crippen LogP contribution in [0.5, 0.6) is 11.5 Å². The van der Waals surface area contributed by atoms with Crippen LogP contribution in [-0.2, 0) is 13.1 Å². The number of benzene rings is 3. The first kappa shape index (κ1) is 24.0. The lowest BCUT2D eigenvalue weighted by Gasteiger charge is -2.17. The molecule has 1 atom stereocenters. The van der Waals surface area contributed by atoms with Crippen molar-refractivity contribution < 1.29 is 19.4 Å². The Hall–Kier alpha value is -4.10. The molecule has 0 fully saturated rings. The van der Waals surface area contributed by atoms with Crippen molar-refractivity contribution in [1.82, 2.24) is 14.9 Å². The fourth-order valence-corrected chi connectivity index (χ4v) is 3.86. The van der Waals surface area contributed by atoms with E-state index in [0.717, 1.165) is 16.6 Å². The van der Waals surface area contributed by atoms with E-state index in [-0.39, 0.29) is 25.6 Å². The molecular weight excluding hydrogens is 442 g/mol. The molecule has 4 rings (SSSR count). The maximum absolute atomic E-state index is 12.5. The number of nitrogens with one attached hydrogen (secondary N) is 1. The van der Waals surface area contributed by atoms with Crippen LogP contribution in [0.1, 0.15) is 28.7 Å². The smallest absolute Gasteiger partial charge is 0.251 e. The maximum Gasteiger partial charge on any atom is 0.251 e. The molecule has 1 amide bonds. The number of carbonyl (C=O) groups excluding carboxylic acids is 1. The third-order valence-corrected chi connectivity index (χ3v) is 5.55. The lowest BCUT2D eigenvalue weighted by atomic mass is 10.2. The van der Waals surface area contributed by atoms with Crippen LogP contribution >= 0.6 is 0 Å². The minimum Gasteiger partial charge on any atom is -0.493 e. The second-order valence-corrected chi connectivity index (χ2v) is 8.05. The SMILES string of the molecule is C/C=C/c1ccc(OCC(O)Cn2c(CNC(=O)c3ccccc3)nc3ccccc32)c(OC)c1. The van der Waals surface area contributed by atoms with Gasteiger partial charge in [0.1, 0.15) is 18.5 Å². The molecule has 0 spiro atoms. The van der Waals surface area contributed by atoms with Gasteiger partial charge in [-0.1, -0.05) is 48.6 Å². The molecule has 1 unspecified atom stereocenters. The van der Waals surface area contributed by atoms with Gasteiger partial charge < -0.3 is 24.5 Å². The number of fused-ring (bicyclic) bond motifs is 1. The zero-order valence-electron chi connectivity index (χ0n) is 19.8. The molecule has 2 N–H and O–H groups in total. The molecule has 0 radical (unpaired) electrons. The van der Waals surface area contributed by atoms with Crippen LogP contribution < -0.4 is 14.8 Å². The molecular formula is C28H29N3O4. The van der Waals surface area contributed by atoms with Crippen molar-refractivity contribution in [3.8, 4) is 11.5 Å². The normalized spacial score (nSPS) is 12.1. The minimum absolute atomic E-state index is 0.0711. The molecule has 7 heteroatoms. The van der Waals surface area contributed by atoms with Gasteiger partial charge >= 0.3 is 0 Å². The lowest BCUT2D eigenvalue weighted by molar-refractivity contribution is 0.0905. The average molecular weight is 472 g/mol. The highest BCUT2D eigenvalue weighted by Crippen LogP contribution is 2.29. The van der Waals surface area contributed by atoms with Gasteiger partial charge in [0, 0.05) is 5.56 Å². The highest BCUT2D eigenvalue weighted by Gasteiger charge is 2.16. The molecule has 0 aliphatic heterocycles. The maximum atomic E-state index is 12.5. The van der Waals surface area contributed by atoms with Crippen molar-refractivity contribution in [3.63, 3.8) is 0 Å². The fraction of sp³-hybridized carbons (Fsp3) is 0.214. The number of rotatable bonds is 10. The van der Waals surface area contributed by atoms with Gasteiger partial charge in [-0.05, 0) is 48.9 Å². The number of amides is 1. The van der Waals surface area contributed by atoms with Gasteiger partial charge in [-0.15, -0.1) is 0 Å². The number of imidazole rings is 1. The fourth-order valence-electron chi connectivity index (χ4n) is 3.86. The Morgan fingerprint density at radius 2 is 1.86 bits per heavy atom. The van der Waals surface area contributed by atoms with Crippen LogP contribution in [0.15, 0.2) is 78.9 Å². The minimum atomic E-state index is -0.809. The highest BCUT2D eigenvalue weighted by molar-refractivity contribution is 5.94. The van der Waals surface area contributed by atoms with Gasteiger partial charge in [0.2, 0.25) is 0 Å². The Morgan fingerprint density at radius 1 is 1.09 bits per heavy atom. The summed E-state index contributed by atoms with van der Waals surface area (Å²) in [5.74, 6) is 1.64. The van der Waals surface area contributed by atoms with E-state index < -0.39 is 6.10 Å². The number of hydrogen-bond donors (Lipinski definition) is 2. The standard InChI is InChI=1S/C28H29N3O4/c1-3-9-20-14-15-25(26(16-20)34-2)35-19-22(32)18-31-24-13-8-7-12-23(24)30-27(31)17-29-28(33)21-10-5-4-6-11-21/h3-16,22,32H,17-19H2,1-2H3,(H,29,33)/b9-3+. The number of carbonyl (C=O) groups is 1. The third kappa shape index (κ3) is 5.88. The Labute approximate surface area is 204 Å². The Bertz CT molecular complexity index is 1310. The van der Waals surface area contributed by atoms with E-state index in [9.17, 15) is 9.90 Å². The van der Waals surface area contributed by atoms with E-state index in [1.807, 2.05) is 84.3 Å². The Kier molecular flexibility index (Phi) is 7.80. The molecule has 180 valence electrons. The number of aromatic nitrogens is 2. The van der Waals surface area contributed by atoms with Crippen molar-refractivity contribution in [2.45, 2.75) is 26.1 Å². The summed E-state index contributed by atoms with van der Waals surface area (Å²) in [6, 6.07) is 22.4. The Balaban J connectivity index is 1.47. The first-order chi connectivity index (χ1) is 17.1. The summed E-state index contributed by atoms with van der Waals surface area (Å²) >= 11 is 0. The number of allylic oxidation sites excluding steroid dienone is 1. The number of para-hydroxylation sites is 2. The number of ether oxygens (including phenoxy) is 2. The number of hydrogen-bond acceptors (Lipinski definition) is 5. The van der Waals surface area contributed by atoms with Crippen molar-refractivity contribution in [2.24, 2.45) is 0 Å². The first-order valence-corrected chi connectivity index (χ1v) is 11.5. The highest BCUT2D eigenvalue weighted by atomic mass is 16.5. The number of methoxy groups -OCH3 is 1. The summed E-state index contributed by atoms with van der Waals surface area (Å²) in [5, 5.41) is 13.7. The monoisotopic (exact) mass is 471 g/mol. The van der Waals surface area contributed by atoms with Gasteiger partial charge in [-0.3, -0.25) is 4.79 Å². The van der Waals surface area contributed by atoms with Crippen LogP contribution in [0, 0.1) is 0 Å². The second-order valence-electron chi connectivity index (χ2n) is 8.05. The van der Waals surface area contributed by atoms with Gasteiger partial charge in [0.25, 0.3) is 5.91 Å². The molecule has 1 heterocycles. The van der Waals surface area contributed by atoms with E-state index in [0.29, 0.717) is 22.9 Å². The Morgan fingerprint density at radius 3 is 2.63 bits per heavy atom. The summed E-state index contributed by atoms with van der Waals surface area (Å²) in [6.45, 7) is 2.52. The van der Waals surface area contributed by atoms with E-state index in [4.69, 9.17) is 9.47 Å². The first-order valence-electron chi connectivity index (χ1n) is 11.5. The predicted molar refractivity (Wildman–Crippen MR) is 137 cm³/mol. The summed E-state index contributed by atoms with van der Waals surface area (Å²) in [4.78, 5) is 17.2. The van der Waals surface area contributed by atoms with Crippen molar-refractivity contribution in [1.29, 1.82) is 0 Å². The summed E-state index contributed by atoms with van der Waals surface area (Å²) < 4.78 is 13.2. The lowest BCUT2D eigenvalue weighted by Crippen LogP contribution is -2.28. The van der Waals surface area contributed by atoms with Crippen molar-refractivity contribution in [3.05, 3.63) is 95.8 Å². The molecule has 0 aliphatic rings. The molecule has 35 heavy (non-hydrogen) atoms. The molecule has 0 aliphatic carbocycles. The van der Waals surface area contributed by atoms with Gasteiger partial charge in [0.05, 0.1) is 31.2 Å². The molecule has 7 nitrogen and oxygen atoms in total. The number of nitrogens with zero attached hydrogens (tertiary/aromatic N) is 2.